The molecule has 0 unspecified atom stereocenters. The molecule has 0 saturated carbocycles. The Morgan fingerprint density at radius 3 is 2.47 bits per heavy atom. The van der Waals surface area contributed by atoms with Crippen molar-refractivity contribution in [2.24, 2.45) is 0 Å². The van der Waals surface area contributed by atoms with Crippen molar-refractivity contribution in [3.05, 3.63) is 29.8 Å². The maximum absolute atomic E-state index is 11.1. The van der Waals surface area contributed by atoms with Crippen molar-refractivity contribution in [3.8, 4) is 18.1 Å². The Morgan fingerprint density at radius 1 is 1.40 bits per heavy atom. The molecule has 0 aromatic heterocycles. The summed E-state index contributed by atoms with van der Waals surface area (Å²) in [4.78, 5) is 11.1. The van der Waals surface area contributed by atoms with E-state index in [1.54, 1.807) is 31.2 Å². The van der Waals surface area contributed by atoms with Crippen molar-refractivity contribution in [2.75, 3.05) is 7.11 Å². The number of rotatable bonds is 3. The number of terminal acetylenes is 1. The summed E-state index contributed by atoms with van der Waals surface area (Å²) < 4.78 is 9.91. The second-order valence-corrected chi connectivity index (χ2v) is 2.94. The standard InChI is InChI=1S/C12H12O3/c1-4-9(2)15-11-7-5-10(6-8-11)12(13)14-3/h1,5-9H,2-3H3/t9-/m1/s1. The van der Waals surface area contributed by atoms with Crippen molar-refractivity contribution in [1.29, 1.82) is 0 Å². The predicted molar refractivity (Wildman–Crippen MR) is 56.7 cm³/mol. The minimum Gasteiger partial charge on any atom is -0.478 e. The van der Waals surface area contributed by atoms with Gasteiger partial charge in [-0.1, -0.05) is 5.92 Å². The fourth-order valence-electron chi connectivity index (χ4n) is 1.03. The van der Waals surface area contributed by atoms with E-state index in [4.69, 9.17) is 11.2 Å². The molecule has 1 rings (SSSR count). The number of ether oxygens (including phenoxy) is 2. The van der Waals surface area contributed by atoms with Crippen LogP contribution in [0.5, 0.6) is 5.75 Å². The number of esters is 1. The molecule has 1 aromatic carbocycles. The van der Waals surface area contributed by atoms with Crippen LogP contribution in [0.15, 0.2) is 24.3 Å². The highest BCUT2D eigenvalue weighted by molar-refractivity contribution is 5.89. The molecule has 0 heterocycles. The fourth-order valence-corrected chi connectivity index (χ4v) is 1.03. The van der Waals surface area contributed by atoms with Gasteiger partial charge in [0.15, 0.2) is 6.10 Å². The lowest BCUT2D eigenvalue weighted by Crippen LogP contribution is -2.08. The minimum atomic E-state index is -0.369. The summed E-state index contributed by atoms with van der Waals surface area (Å²) in [7, 11) is 1.34. The largest absolute Gasteiger partial charge is 0.478 e. The summed E-state index contributed by atoms with van der Waals surface area (Å²) in [5.41, 5.74) is 0.484. The van der Waals surface area contributed by atoms with Crippen LogP contribution in [0.1, 0.15) is 17.3 Å². The van der Waals surface area contributed by atoms with E-state index in [-0.39, 0.29) is 12.1 Å². The van der Waals surface area contributed by atoms with Gasteiger partial charge in [0, 0.05) is 0 Å². The average Bonchev–Trinajstić information content (AvgIpc) is 2.29. The molecule has 15 heavy (non-hydrogen) atoms. The van der Waals surface area contributed by atoms with Gasteiger partial charge in [0.05, 0.1) is 12.7 Å². The van der Waals surface area contributed by atoms with Crippen LogP contribution in [0.2, 0.25) is 0 Å². The number of carbonyl (C=O) groups excluding carboxylic acids is 1. The Hall–Kier alpha value is -1.95. The molecular weight excluding hydrogens is 192 g/mol. The van der Waals surface area contributed by atoms with E-state index in [9.17, 15) is 4.79 Å². The monoisotopic (exact) mass is 204 g/mol. The number of hydrogen-bond donors (Lipinski definition) is 0. The maximum atomic E-state index is 11.1. The highest BCUT2D eigenvalue weighted by atomic mass is 16.5. The summed E-state index contributed by atoms with van der Waals surface area (Å²) >= 11 is 0. The summed E-state index contributed by atoms with van der Waals surface area (Å²) in [6, 6.07) is 6.62. The molecule has 0 aliphatic rings. The van der Waals surface area contributed by atoms with Gasteiger partial charge in [-0.25, -0.2) is 4.79 Å². The van der Waals surface area contributed by atoms with Crippen molar-refractivity contribution < 1.29 is 14.3 Å². The van der Waals surface area contributed by atoms with E-state index < -0.39 is 0 Å². The second-order valence-electron chi connectivity index (χ2n) is 2.94. The van der Waals surface area contributed by atoms with Crippen molar-refractivity contribution in [2.45, 2.75) is 13.0 Å². The molecule has 0 aliphatic carbocycles. The zero-order valence-corrected chi connectivity index (χ0v) is 8.69. The second kappa shape index (κ2) is 5.06. The van der Waals surface area contributed by atoms with Gasteiger partial charge in [0.25, 0.3) is 0 Å². The van der Waals surface area contributed by atoms with E-state index in [1.165, 1.54) is 7.11 Å². The van der Waals surface area contributed by atoms with E-state index in [0.29, 0.717) is 11.3 Å². The zero-order valence-electron chi connectivity index (χ0n) is 8.69. The molecule has 0 bridgehead atoms. The van der Waals surface area contributed by atoms with Gasteiger partial charge < -0.3 is 9.47 Å². The van der Waals surface area contributed by atoms with Crippen LogP contribution < -0.4 is 4.74 Å². The number of hydrogen-bond acceptors (Lipinski definition) is 3. The molecule has 0 radical (unpaired) electrons. The molecule has 3 heteroatoms. The lowest BCUT2D eigenvalue weighted by molar-refractivity contribution is 0.0600. The van der Waals surface area contributed by atoms with Gasteiger partial charge in [0.2, 0.25) is 0 Å². The van der Waals surface area contributed by atoms with Crippen LogP contribution in [0.25, 0.3) is 0 Å². The minimum absolute atomic E-state index is 0.283. The van der Waals surface area contributed by atoms with Gasteiger partial charge in [-0.3, -0.25) is 0 Å². The normalized spacial score (nSPS) is 11.3. The smallest absolute Gasteiger partial charge is 0.337 e. The SMILES string of the molecule is C#C[C@@H](C)Oc1ccc(C(=O)OC)cc1. The Kier molecular flexibility index (Phi) is 3.75. The average molecular weight is 204 g/mol. The Morgan fingerprint density at radius 2 is 2.00 bits per heavy atom. The Bertz CT molecular complexity index is 373. The van der Waals surface area contributed by atoms with Gasteiger partial charge in [-0.15, -0.1) is 6.42 Å². The van der Waals surface area contributed by atoms with Gasteiger partial charge in [-0.2, -0.15) is 0 Å². The molecule has 78 valence electrons. The highest BCUT2D eigenvalue weighted by Gasteiger charge is 2.05. The van der Waals surface area contributed by atoms with Crippen LogP contribution >= 0.6 is 0 Å². The Labute approximate surface area is 89.0 Å². The first-order valence-electron chi connectivity index (χ1n) is 4.48. The van der Waals surface area contributed by atoms with Crippen molar-refractivity contribution >= 4 is 5.97 Å². The van der Waals surface area contributed by atoms with E-state index in [2.05, 4.69) is 10.7 Å². The summed E-state index contributed by atoms with van der Waals surface area (Å²) in [5.74, 6) is 2.71. The molecule has 1 atom stereocenters. The molecule has 3 nitrogen and oxygen atoms in total. The number of carbonyl (C=O) groups is 1. The first-order chi connectivity index (χ1) is 7.17. The van der Waals surface area contributed by atoms with Gasteiger partial charge in [-0.05, 0) is 31.2 Å². The Balaban J connectivity index is 2.73. The highest BCUT2D eigenvalue weighted by Crippen LogP contribution is 2.14. The maximum Gasteiger partial charge on any atom is 0.337 e. The molecule has 0 N–H and O–H groups in total. The van der Waals surface area contributed by atoms with E-state index in [0.717, 1.165) is 0 Å². The van der Waals surface area contributed by atoms with E-state index >= 15 is 0 Å². The van der Waals surface area contributed by atoms with Gasteiger partial charge >= 0.3 is 5.97 Å². The summed E-state index contributed by atoms with van der Waals surface area (Å²) in [6.45, 7) is 1.77. The first kappa shape index (κ1) is 11.1. The molecule has 0 amide bonds. The quantitative estimate of drug-likeness (QED) is 0.557. The molecule has 0 spiro atoms. The molecular formula is C12H12O3. The molecule has 1 aromatic rings. The third kappa shape index (κ3) is 3.03. The first-order valence-corrected chi connectivity index (χ1v) is 4.48. The van der Waals surface area contributed by atoms with Crippen LogP contribution in [-0.4, -0.2) is 19.2 Å². The zero-order chi connectivity index (χ0) is 11.3. The predicted octanol–water partition coefficient (Wildman–Crippen LogP) is 1.87. The molecule has 0 aliphatic heterocycles. The molecule has 0 saturated heterocycles. The van der Waals surface area contributed by atoms with Crippen LogP contribution in [0.3, 0.4) is 0 Å². The van der Waals surface area contributed by atoms with Crippen LogP contribution in [0, 0.1) is 12.3 Å². The lowest BCUT2D eigenvalue weighted by Gasteiger charge is -2.08. The van der Waals surface area contributed by atoms with Crippen LogP contribution in [0.4, 0.5) is 0 Å². The molecule has 0 fully saturated rings. The number of methoxy groups -OCH3 is 1. The third-order valence-electron chi connectivity index (χ3n) is 1.82. The van der Waals surface area contributed by atoms with Crippen molar-refractivity contribution in [1.82, 2.24) is 0 Å². The summed E-state index contributed by atoms with van der Waals surface area (Å²) in [6.07, 6.45) is 4.89. The summed E-state index contributed by atoms with van der Waals surface area (Å²) in [5, 5.41) is 0. The topological polar surface area (TPSA) is 35.5 Å². The fraction of sp³-hybridized carbons (Fsp3) is 0.250. The van der Waals surface area contributed by atoms with Crippen LogP contribution in [-0.2, 0) is 4.74 Å². The lowest BCUT2D eigenvalue weighted by atomic mass is 10.2. The van der Waals surface area contributed by atoms with Crippen molar-refractivity contribution in [3.63, 3.8) is 0 Å². The number of benzene rings is 1. The van der Waals surface area contributed by atoms with E-state index in [1.807, 2.05) is 0 Å². The van der Waals surface area contributed by atoms with Gasteiger partial charge in [0.1, 0.15) is 5.75 Å². The third-order valence-corrected chi connectivity index (χ3v) is 1.82.